The summed E-state index contributed by atoms with van der Waals surface area (Å²) in [5.74, 6) is -0.301. The van der Waals surface area contributed by atoms with Gasteiger partial charge in [-0.25, -0.2) is 0 Å². The fraction of sp³-hybridized carbons (Fsp3) is 0.211. The van der Waals surface area contributed by atoms with Crippen molar-refractivity contribution in [2.24, 2.45) is 0 Å². The summed E-state index contributed by atoms with van der Waals surface area (Å²) in [6.07, 6.45) is 3.37. The number of hydrogen-bond acceptors (Lipinski definition) is 7. The fourth-order valence-corrected chi connectivity index (χ4v) is 2.87. The van der Waals surface area contributed by atoms with E-state index in [0.29, 0.717) is 11.3 Å². The molecule has 1 aliphatic heterocycles. The Morgan fingerprint density at radius 1 is 1.04 bits per heavy atom. The Morgan fingerprint density at radius 2 is 1.77 bits per heavy atom. The Labute approximate surface area is 150 Å². The molecule has 0 unspecified atom stereocenters. The number of methoxy groups -OCH3 is 3. The average Bonchev–Trinajstić information content (AvgIpc) is 2.68. The molecule has 136 valence electrons. The van der Waals surface area contributed by atoms with Crippen molar-refractivity contribution in [1.82, 2.24) is 0 Å². The lowest BCUT2D eigenvalue weighted by Gasteiger charge is -2.19. The highest BCUT2D eigenvalue weighted by atomic mass is 16.5. The number of ketones is 1. The van der Waals surface area contributed by atoms with Gasteiger partial charge in [-0.1, -0.05) is 6.08 Å². The summed E-state index contributed by atoms with van der Waals surface area (Å²) in [6, 6.07) is 4.34. The van der Waals surface area contributed by atoms with E-state index in [1.807, 2.05) is 0 Å². The second kappa shape index (κ2) is 6.87. The van der Waals surface area contributed by atoms with Crippen LogP contribution in [-0.4, -0.2) is 43.9 Å². The standard InChI is InChI=1S/C19H18O7/c1-23-14-7-6-11(18(24-2)19(14)25-3)15(21)12-9-13(20)16(22)17-10(12)5-4-8-26-17/h4-7,9,20,22H,8H2,1-3H3. The van der Waals surface area contributed by atoms with Gasteiger partial charge in [0.2, 0.25) is 11.5 Å². The summed E-state index contributed by atoms with van der Waals surface area (Å²) in [5, 5.41) is 20.0. The lowest BCUT2D eigenvalue weighted by molar-refractivity contribution is 0.103. The third-order valence-electron chi connectivity index (χ3n) is 4.08. The predicted molar refractivity (Wildman–Crippen MR) is 93.8 cm³/mol. The number of rotatable bonds is 5. The van der Waals surface area contributed by atoms with Crippen LogP contribution in [0.3, 0.4) is 0 Å². The Hall–Kier alpha value is -3.35. The van der Waals surface area contributed by atoms with Crippen LogP contribution in [0.1, 0.15) is 21.5 Å². The zero-order valence-corrected chi connectivity index (χ0v) is 14.5. The van der Waals surface area contributed by atoms with Crippen LogP contribution in [-0.2, 0) is 0 Å². The Bertz CT molecular complexity index is 899. The second-order valence-electron chi connectivity index (χ2n) is 5.46. The van der Waals surface area contributed by atoms with Gasteiger partial charge < -0.3 is 29.2 Å². The van der Waals surface area contributed by atoms with Crippen LogP contribution in [0.2, 0.25) is 0 Å². The molecule has 0 amide bonds. The van der Waals surface area contributed by atoms with E-state index in [4.69, 9.17) is 18.9 Å². The molecule has 0 saturated carbocycles. The van der Waals surface area contributed by atoms with Crippen molar-refractivity contribution in [3.63, 3.8) is 0 Å². The van der Waals surface area contributed by atoms with E-state index >= 15 is 0 Å². The van der Waals surface area contributed by atoms with Gasteiger partial charge in [-0.3, -0.25) is 4.79 Å². The molecule has 0 bridgehead atoms. The smallest absolute Gasteiger partial charge is 0.204 e. The van der Waals surface area contributed by atoms with E-state index in [1.54, 1.807) is 24.3 Å². The molecule has 7 nitrogen and oxygen atoms in total. The van der Waals surface area contributed by atoms with Crippen molar-refractivity contribution in [1.29, 1.82) is 0 Å². The third kappa shape index (κ3) is 2.67. The molecule has 0 radical (unpaired) electrons. The normalized spacial score (nSPS) is 12.1. The number of benzene rings is 2. The number of hydrogen-bond donors (Lipinski definition) is 2. The largest absolute Gasteiger partial charge is 0.504 e. The van der Waals surface area contributed by atoms with Crippen molar-refractivity contribution < 1.29 is 34.0 Å². The summed E-state index contributed by atoms with van der Waals surface area (Å²) in [7, 11) is 4.34. The Kier molecular flexibility index (Phi) is 4.62. The number of phenolic OH excluding ortho intramolecular Hbond substituents is 2. The van der Waals surface area contributed by atoms with Gasteiger partial charge in [-0.15, -0.1) is 0 Å². The van der Waals surface area contributed by atoms with Gasteiger partial charge in [0.15, 0.2) is 28.8 Å². The minimum absolute atomic E-state index is 0.0651. The van der Waals surface area contributed by atoms with Crippen LogP contribution in [0.4, 0.5) is 0 Å². The first-order chi connectivity index (χ1) is 12.5. The molecule has 0 aromatic heterocycles. The highest BCUT2D eigenvalue weighted by Crippen LogP contribution is 2.45. The highest BCUT2D eigenvalue weighted by Gasteiger charge is 2.27. The maximum absolute atomic E-state index is 13.2. The molecule has 26 heavy (non-hydrogen) atoms. The van der Waals surface area contributed by atoms with E-state index in [0.717, 1.165) is 0 Å². The summed E-state index contributed by atoms with van der Waals surface area (Å²) in [4.78, 5) is 13.2. The van der Waals surface area contributed by atoms with Crippen molar-refractivity contribution in [3.8, 4) is 34.5 Å². The minimum Gasteiger partial charge on any atom is -0.504 e. The number of phenols is 2. The van der Waals surface area contributed by atoms with E-state index in [2.05, 4.69) is 0 Å². The van der Waals surface area contributed by atoms with E-state index in [-0.39, 0.29) is 35.0 Å². The molecule has 0 spiro atoms. The Balaban J connectivity index is 2.21. The SMILES string of the molecule is COc1ccc(C(=O)c2cc(O)c(O)c3c2C=CCO3)c(OC)c1OC. The van der Waals surface area contributed by atoms with Gasteiger partial charge in [-0.05, 0) is 24.3 Å². The minimum atomic E-state index is -0.443. The van der Waals surface area contributed by atoms with E-state index in [1.165, 1.54) is 27.4 Å². The van der Waals surface area contributed by atoms with Gasteiger partial charge in [-0.2, -0.15) is 0 Å². The fourth-order valence-electron chi connectivity index (χ4n) is 2.87. The summed E-state index contributed by atoms with van der Waals surface area (Å²) in [6.45, 7) is 0.233. The highest BCUT2D eigenvalue weighted by molar-refractivity contribution is 6.14. The second-order valence-corrected chi connectivity index (χ2v) is 5.46. The average molecular weight is 358 g/mol. The van der Waals surface area contributed by atoms with Crippen LogP contribution in [0.15, 0.2) is 24.3 Å². The van der Waals surface area contributed by atoms with Crippen LogP contribution < -0.4 is 18.9 Å². The third-order valence-corrected chi connectivity index (χ3v) is 4.08. The molecule has 0 fully saturated rings. The summed E-state index contributed by atoms with van der Waals surface area (Å²) >= 11 is 0. The van der Waals surface area contributed by atoms with Crippen molar-refractivity contribution in [2.75, 3.05) is 27.9 Å². The molecule has 0 atom stereocenters. The van der Waals surface area contributed by atoms with Gasteiger partial charge in [0, 0.05) is 11.1 Å². The number of carbonyl (C=O) groups excluding carboxylic acids is 1. The number of fused-ring (bicyclic) bond motifs is 1. The molecule has 1 heterocycles. The van der Waals surface area contributed by atoms with Crippen molar-refractivity contribution in [2.45, 2.75) is 0 Å². The van der Waals surface area contributed by atoms with E-state index < -0.39 is 17.3 Å². The summed E-state index contributed by atoms with van der Waals surface area (Å²) in [5.41, 5.74) is 0.765. The molecule has 0 aliphatic carbocycles. The van der Waals surface area contributed by atoms with Crippen molar-refractivity contribution in [3.05, 3.63) is 41.0 Å². The molecule has 1 aliphatic rings. The molecule has 7 heteroatoms. The lowest BCUT2D eigenvalue weighted by atomic mass is 9.94. The van der Waals surface area contributed by atoms with Gasteiger partial charge in [0.05, 0.1) is 26.9 Å². The molecule has 2 aromatic carbocycles. The van der Waals surface area contributed by atoms with E-state index in [9.17, 15) is 15.0 Å². The summed E-state index contributed by atoms with van der Waals surface area (Å²) < 4.78 is 21.3. The van der Waals surface area contributed by atoms with Gasteiger partial charge >= 0.3 is 0 Å². The molecule has 2 N–H and O–H groups in total. The molecule has 2 aromatic rings. The molecular formula is C19H18O7. The Morgan fingerprint density at radius 3 is 2.42 bits per heavy atom. The van der Waals surface area contributed by atoms with Crippen LogP contribution in [0.25, 0.3) is 6.08 Å². The first kappa shape index (κ1) is 17.5. The zero-order valence-electron chi connectivity index (χ0n) is 14.5. The topological polar surface area (TPSA) is 94.5 Å². The zero-order chi connectivity index (χ0) is 18.8. The number of carbonyl (C=O) groups is 1. The lowest BCUT2D eigenvalue weighted by Crippen LogP contribution is -2.10. The van der Waals surface area contributed by atoms with Gasteiger partial charge in [0.25, 0.3) is 0 Å². The first-order valence-corrected chi connectivity index (χ1v) is 7.75. The van der Waals surface area contributed by atoms with Gasteiger partial charge in [0.1, 0.15) is 6.61 Å². The number of ether oxygens (including phenoxy) is 4. The van der Waals surface area contributed by atoms with Crippen LogP contribution >= 0.6 is 0 Å². The molecule has 0 saturated heterocycles. The molecular weight excluding hydrogens is 340 g/mol. The quantitative estimate of drug-likeness (QED) is 0.627. The molecule has 3 rings (SSSR count). The first-order valence-electron chi connectivity index (χ1n) is 7.75. The monoisotopic (exact) mass is 358 g/mol. The maximum Gasteiger partial charge on any atom is 0.204 e. The maximum atomic E-state index is 13.2. The van der Waals surface area contributed by atoms with Crippen LogP contribution in [0, 0.1) is 0 Å². The van der Waals surface area contributed by atoms with Crippen molar-refractivity contribution >= 4 is 11.9 Å². The number of aromatic hydroxyl groups is 2. The predicted octanol–water partition coefficient (Wildman–Crippen LogP) is 2.76. The van der Waals surface area contributed by atoms with Crippen LogP contribution in [0.5, 0.6) is 34.5 Å².